The lowest BCUT2D eigenvalue weighted by molar-refractivity contribution is -0.131. The molecule has 1 N–H and O–H groups in total. The van der Waals surface area contributed by atoms with Gasteiger partial charge in [-0.3, -0.25) is 14.5 Å². The number of hydrogen-bond donors (Lipinski definition) is 1. The van der Waals surface area contributed by atoms with Crippen LogP contribution in [-0.2, 0) is 14.3 Å². The summed E-state index contributed by atoms with van der Waals surface area (Å²) < 4.78 is 5.07. The van der Waals surface area contributed by atoms with E-state index >= 15 is 0 Å². The van der Waals surface area contributed by atoms with Crippen molar-refractivity contribution in [3.8, 4) is 0 Å². The van der Waals surface area contributed by atoms with Gasteiger partial charge in [-0.15, -0.1) is 0 Å². The van der Waals surface area contributed by atoms with Crippen molar-refractivity contribution in [3.63, 3.8) is 0 Å². The average molecular weight is 212 g/mol. The Kier molecular flexibility index (Phi) is 2.68. The van der Waals surface area contributed by atoms with E-state index in [4.69, 9.17) is 4.74 Å². The number of Topliss-reactive ketones (excluding diaryl/α,β-unsaturated/α-hetero) is 1. The van der Waals surface area contributed by atoms with Gasteiger partial charge in [0.25, 0.3) is 0 Å². The smallest absolute Gasteiger partial charge is 0.324 e. The van der Waals surface area contributed by atoms with Gasteiger partial charge in [-0.1, -0.05) is 0 Å². The van der Waals surface area contributed by atoms with Gasteiger partial charge in [-0.2, -0.15) is 0 Å². The molecule has 2 aliphatic rings. The minimum atomic E-state index is -0.479. The third kappa shape index (κ3) is 1.99. The number of carbonyl (C=O) groups excluding carboxylic acids is 3. The van der Waals surface area contributed by atoms with Crippen LogP contribution in [0.25, 0.3) is 0 Å². The van der Waals surface area contributed by atoms with E-state index in [0.717, 1.165) is 4.90 Å². The highest BCUT2D eigenvalue weighted by atomic mass is 16.5. The Morgan fingerprint density at radius 2 is 2.33 bits per heavy atom. The maximum Gasteiger partial charge on any atom is 0.324 e. The van der Waals surface area contributed by atoms with Crippen LogP contribution in [-0.4, -0.2) is 48.9 Å². The monoisotopic (exact) mass is 212 g/mol. The zero-order valence-electron chi connectivity index (χ0n) is 8.19. The molecule has 82 valence electrons. The molecule has 0 saturated carbocycles. The quantitative estimate of drug-likeness (QED) is 0.618. The number of ketones is 1. The number of carbonyl (C=O) groups is 3. The highest BCUT2D eigenvalue weighted by molar-refractivity contribution is 6.05. The number of amides is 3. The molecule has 0 radical (unpaired) electrons. The van der Waals surface area contributed by atoms with Crippen LogP contribution in [0.5, 0.6) is 0 Å². The van der Waals surface area contributed by atoms with E-state index in [9.17, 15) is 14.4 Å². The minimum Gasteiger partial charge on any atom is -0.381 e. The second-order valence-electron chi connectivity index (χ2n) is 3.67. The van der Waals surface area contributed by atoms with E-state index in [2.05, 4.69) is 5.32 Å². The van der Waals surface area contributed by atoms with Crippen LogP contribution in [0.15, 0.2) is 0 Å². The molecule has 0 bridgehead atoms. The summed E-state index contributed by atoms with van der Waals surface area (Å²) >= 11 is 0. The van der Waals surface area contributed by atoms with E-state index in [1.165, 1.54) is 0 Å². The van der Waals surface area contributed by atoms with E-state index in [1.807, 2.05) is 0 Å². The maximum absolute atomic E-state index is 11.6. The van der Waals surface area contributed by atoms with Gasteiger partial charge < -0.3 is 10.1 Å². The van der Waals surface area contributed by atoms with Crippen molar-refractivity contribution in [2.45, 2.75) is 6.42 Å². The van der Waals surface area contributed by atoms with Gasteiger partial charge in [0.1, 0.15) is 0 Å². The molecule has 2 fully saturated rings. The first-order valence-corrected chi connectivity index (χ1v) is 4.87. The van der Waals surface area contributed by atoms with Crippen LogP contribution in [0.3, 0.4) is 0 Å². The van der Waals surface area contributed by atoms with E-state index in [-0.39, 0.29) is 30.7 Å². The van der Waals surface area contributed by atoms with Crippen molar-refractivity contribution >= 4 is 17.7 Å². The lowest BCUT2D eigenvalue weighted by atomic mass is 10.0. The SMILES string of the molecule is O=C(CN1C(=O)CNC1=O)C1CCOC1. The van der Waals surface area contributed by atoms with Crippen molar-refractivity contribution in [3.05, 3.63) is 0 Å². The molecular formula is C9H12N2O4. The lowest BCUT2D eigenvalue weighted by Crippen LogP contribution is -2.38. The predicted octanol–water partition coefficient (Wildman–Crippen LogP) is -0.856. The summed E-state index contributed by atoms with van der Waals surface area (Å²) in [5.41, 5.74) is 0. The topological polar surface area (TPSA) is 75.7 Å². The maximum atomic E-state index is 11.6. The van der Waals surface area contributed by atoms with Crippen LogP contribution < -0.4 is 5.32 Å². The molecular weight excluding hydrogens is 200 g/mol. The van der Waals surface area contributed by atoms with Crippen LogP contribution in [0.2, 0.25) is 0 Å². The van der Waals surface area contributed by atoms with Crippen molar-refractivity contribution in [1.82, 2.24) is 10.2 Å². The van der Waals surface area contributed by atoms with Gasteiger partial charge in [0.2, 0.25) is 5.91 Å². The van der Waals surface area contributed by atoms with Crippen molar-refractivity contribution in [2.24, 2.45) is 5.92 Å². The number of rotatable bonds is 3. The Hall–Kier alpha value is -1.43. The minimum absolute atomic E-state index is 0.00667. The van der Waals surface area contributed by atoms with Gasteiger partial charge in [0, 0.05) is 12.5 Å². The molecule has 0 aromatic rings. The number of ether oxygens (including phenoxy) is 1. The zero-order chi connectivity index (χ0) is 10.8. The third-order valence-corrected chi connectivity index (χ3v) is 2.64. The summed E-state index contributed by atoms with van der Waals surface area (Å²) in [6.45, 7) is 0.852. The number of nitrogens with zero attached hydrogens (tertiary/aromatic N) is 1. The predicted molar refractivity (Wildman–Crippen MR) is 49.0 cm³/mol. The Bertz CT molecular complexity index is 293. The second kappa shape index (κ2) is 3.98. The standard InChI is InChI=1S/C9H12N2O4/c12-7(6-1-2-15-5-6)4-11-8(13)3-10-9(11)14/h6H,1-5H2,(H,10,14). The summed E-state index contributed by atoms with van der Waals surface area (Å²) in [7, 11) is 0. The van der Waals surface area contributed by atoms with Crippen molar-refractivity contribution < 1.29 is 19.1 Å². The highest BCUT2D eigenvalue weighted by Gasteiger charge is 2.33. The summed E-state index contributed by atoms with van der Waals surface area (Å²) in [5.74, 6) is -0.601. The molecule has 0 spiro atoms. The number of hydrogen-bond acceptors (Lipinski definition) is 4. The molecule has 2 aliphatic heterocycles. The van der Waals surface area contributed by atoms with Crippen molar-refractivity contribution in [1.29, 1.82) is 0 Å². The fourth-order valence-electron chi connectivity index (χ4n) is 1.69. The molecule has 6 nitrogen and oxygen atoms in total. The second-order valence-corrected chi connectivity index (χ2v) is 3.67. The molecule has 0 aliphatic carbocycles. The van der Waals surface area contributed by atoms with E-state index < -0.39 is 6.03 Å². The Morgan fingerprint density at radius 3 is 2.87 bits per heavy atom. The third-order valence-electron chi connectivity index (χ3n) is 2.64. The highest BCUT2D eigenvalue weighted by Crippen LogP contribution is 2.14. The Balaban J connectivity index is 1.93. The van der Waals surface area contributed by atoms with Crippen LogP contribution >= 0.6 is 0 Å². The van der Waals surface area contributed by atoms with E-state index in [0.29, 0.717) is 19.6 Å². The molecule has 6 heteroatoms. The first-order valence-electron chi connectivity index (χ1n) is 4.87. The van der Waals surface area contributed by atoms with Crippen LogP contribution in [0.1, 0.15) is 6.42 Å². The number of nitrogens with one attached hydrogen (secondary N) is 1. The molecule has 2 heterocycles. The van der Waals surface area contributed by atoms with Crippen molar-refractivity contribution in [2.75, 3.05) is 26.3 Å². The van der Waals surface area contributed by atoms with Gasteiger partial charge in [0.15, 0.2) is 5.78 Å². The van der Waals surface area contributed by atoms with Gasteiger partial charge in [0.05, 0.1) is 19.7 Å². The van der Waals surface area contributed by atoms with Crippen LogP contribution in [0, 0.1) is 5.92 Å². The average Bonchev–Trinajstić information content (AvgIpc) is 2.82. The molecule has 0 aromatic carbocycles. The summed E-state index contributed by atoms with van der Waals surface area (Å²) in [6, 6.07) is -0.479. The first kappa shape index (κ1) is 10.1. The fraction of sp³-hybridized carbons (Fsp3) is 0.667. The first-order chi connectivity index (χ1) is 7.18. The molecule has 0 aromatic heterocycles. The number of urea groups is 1. The van der Waals surface area contributed by atoms with Gasteiger partial charge >= 0.3 is 6.03 Å². The summed E-state index contributed by atoms with van der Waals surface area (Å²) in [6.07, 6.45) is 0.683. The summed E-state index contributed by atoms with van der Waals surface area (Å²) in [5, 5.41) is 2.37. The molecule has 2 saturated heterocycles. The molecule has 1 unspecified atom stereocenters. The Labute approximate surface area is 86.6 Å². The molecule has 3 amide bonds. The largest absolute Gasteiger partial charge is 0.381 e. The molecule has 15 heavy (non-hydrogen) atoms. The van der Waals surface area contributed by atoms with Gasteiger partial charge in [-0.05, 0) is 6.42 Å². The normalized spacial score (nSPS) is 25.9. The fourth-order valence-corrected chi connectivity index (χ4v) is 1.69. The number of imide groups is 1. The van der Waals surface area contributed by atoms with Gasteiger partial charge in [-0.25, -0.2) is 4.79 Å². The van der Waals surface area contributed by atoms with Crippen LogP contribution in [0.4, 0.5) is 4.79 Å². The van der Waals surface area contributed by atoms with E-state index in [1.54, 1.807) is 0 Å². The Morgan fingerprint density at radius 1 is 1.53 bits per heavy atom. The molecule has 1 atom stereocenters. The zero-order valence-corrected chi connectivity index (χ0v) is 8.19. The molecule has 2 rings (SSSR count). The summed E-state index contributed by atoms with van der Waals surface area (Å²) in [4.78, 5) is 34.9. The lowest BCUT2D eigenvalue weighted by Gasteiger charge is -2.13.